The van der Waals surface area contributed by atoms with Crippen LogP contribution in [0.5, 0.6) is 0 Å². The maximum atomic E-state index is 11.4. The minimum absolute atomic E-state index is 0.00426. The average molecular weight is 300 g/mol. The zero-order valence-corrected chi connectivity index (χ0v) is 13.8. The summed E-state index contributed by atoms with van der Waals surface area (Å²) < 4.78 is 0. The topological polar surface area (TPSA) is 68.3 Å². The highest BCUT2D eigenvalue weighted by atomic mass is 16.1. The summed E-state index contributed by atoms with van der Waals surface area (Å²) >= 11 is 0. The predicted molar refractivity (Wildman–Crippen MR) is 84.3 cm³/mol. The number of ketones is 4. The normalized spacial score (nSPS) is 19.0. The SMILES string of the molecule is CC1=C(C)C(=O)C(C)=C(C)C1=O.CC1=CC(=O)C=C(C)C1=O. The highest BCUT2D eigenvalue weighted by Crippen LogP contribution is 2.23. The second-order valence-corrected chi connectivity index (χ2v) is 5.54. The van der Waals surface area contributed by atoms with Gasteiger partial charge in [0.05, 0.1) is 0 Å². The summed E-state index contributed by atoms with van der Waals surface area (Å²) in [5.74, 6) is -0.108. The number of hydrogen-bond acceptors (Lipinski definition) is 4. The molecule has 2 rings (SSSR count). The van der Waals surface area contributed by atoms with Gasteiger partial charge < -0.3 is 0 Å². The van der Waals surface area contributed by atoms with E-state index in [-0.39, 0.29) is 23.1 Å². The zero-order chi connectivity index (χ0) is 17.2. The molecule has 0 aromatic carbocycles. The Hall–Kier alpha value is -2.36. The van der Waals surface area contributed by atoms with E-state index >= 15 is 0 Å². The first-order valence-electron chi connectivity index (χ1n) is 6.97. The molecule has 0 atom stereocenters. The first kappa shape index (κ1) is 17.7. The Bertz CT molecular complexity index is 623. The van der Waals surface area contributed by atoms with Crippen molar-refractivity contribution >= 4 is 23.1 Å². The molecule has 0 aromatic rings. The zero-order valence-electron chi connectivity index (χ0n) is 13.8. The fourth-order valence-corrected chi connectivity index (χ4v) is 2.15. The van der Waals surface area contributed by atoms with Crippen LogP contribution in [0.3, 0.4) is 0 Å². The van der Waals surface area contributed by atoms with Gasteiger partial charge in [0.25, 0.3) is 0 Å². The largest absolute Gasteiger partial charge is 0.290 e. The molecule has 2 aliphatic carbocycles. The molecule has 0 saturated heterocycles. The van der Waals surface area contributed by atoms with E-state index < -0.39 is 0 Å². The Morgan fingerprint density at radius 2 is 0.773 bits per heavy atom. The second kappa shape index (κ2) is 6.60. The molecule has 0 fully saturated rings. The summed E-state index contributed by atoms with van der Waals surface area (Å²) in [7, 11) is 0. The van der Waals surface area contributed by atoms with E-state index in [1.54, 1.807) is 41.5 Å². The standard InChI is InChI=1S/C10H12O2.C8H8O2/c1-5-6(2)10(12)8(4)7(3)9(5)11;1-5-3-7(9)4-6(2)8(5)10/h1-4H3;3-4H,1-2H3. The molecule has 22 heavy (non-hydrogen) atoms. The second-order valence-electron chi connectivity index (χ2n) is 5.54. The minimum atomic E-state index is -0.0883. The van der Waals surface area contributed by atoms with Crippen molar-refractivity contribution in [1.29, 1.82) is 0 Å². The van der Waals surface area contributed by atoms with Crippen molar-refractivity contribution < 1.29 is 19.2 Å². The van der Waals surface area contributed by atoms with Gasteiger partial charge in [-0.1, -0.05) is 0 Å². The molecule has 0 amide bonds. The number of Topliss-reactive ketones (excluding diaryl/α,β-unsaturated/α-hetero) is 3. The Labute approximate surface area is 130 Å². The van der Waals surface area contributed by atoms with Gasteiger partial charge in [-0.15, -0.1) is 0 Å². The summed E-state index contributed by atoms with van der Waals surface area (Å²) in [5, 5.41) is 0. The predicted octanol–water partition coefficient (Wildman–Crippen LogP) is 2.84. The summed E-state index contributed by atoms with van der Waals surface area (Å²) in [6, 6.07) is 0. The molecule has 0 bridgehead atoms. The molecule has 0 saturated carbocycles. The van der Waals surface area contributed by atoms with Crippen LogP contribution < -0.4 is 0 Å². The lowest BCUT2D eigenvalue weighted by atomic mass is 9.87. The molecule has 4 heteroatoms. The lowest BCUT2D eigenvalue weighted by Crippen LogP contribution is -2.18. The maximum Gasteiger partial charge on any atom is 0.185 e. The van der Waals surface area contributed by atoms with Crippen molar-refractivity contribution in [2.45, 2.75) is 41.5 Å². The van der Waals surface area contributed by atoms with Crippen LogP contribution in [0, 0.1) is 0 Å². The van der Waals surface area contributed by atoms with Crippen molar-refractivity contribution in [2.24, 2.45) is 0 Å². The van der Waals surface area contributed by atoms with Crippen molar-refractivity contribution in [3.8, 4) is 0 Å². The molecule has 0 unspecified atom stereocenters. The molecule has 0 N–H and O–H groups in total. The number of carbonyl (C=O) groups is 4. The first-order chi connectivity index (χ1) is 10.1. The molecule has 0 aliphatic heterocycles. The Balaban J connectivity index is 0.000000224. The van der Waals surface area contributed by atoms with Gasteiger partial charge in [0.1, 0.15) is 0 Å². The van der Waals surface area contributed by atoms with E-state index in [1.165, 1.54) is 12.2 Å². The third kappa shape index (κ3) is 3.45. The molecule has 0 spiro atoms. The van der Waals surface area contributed by atoms with Crippen molar-refractivity contribution in [3.05, 3.63) is 45.6 Å². The third-order valence-electron chi connectivity index (χ3n) is 3.92. The van der Waals surface area contributed by atoms with Crippen molar-refractivity contribution in [2.75, 3.05) is 0 Å². The maximum absolute atomic E-state index is 11.4. The molecule has 0 radical (unpaired) electrons. The molecular weight excluding hydrogens is 280 g/mol. The van der Waals surface area contributed by atoms with Crippen LogP contribution in [-0.4, -0.2) is 23.1 Å². The number of carbonyl (C=O) groups excluding carboxylic acids is 4. The van der Waals surface area contributed by atoms with Gasteiger partial charge in [-0.2, -0.15) is 0 Å². The summed E-state index contributed by atoms with van der Waals surface area (Å²) in [6.45, 7) is 10.1. The molecular formula is C18H20O4. The highest BCUT2D eigenvalue weighted by molar-refractivity contribution is 6.24. The van der Waals surface area contributed by atoms with E-state index in [0.29, 0.717) is 33.4 Å². The van der Waals surface area contributed by atoms with Gasteiger partial charge >= 0.3 is 0 Å². The molecule has 0 aromatic heterocycles. The van der Waals surface area contributed by atoms with E-state index in [9.17, 15) is 19.2 Å². The van der Waals surface area contributed by atoms with Gasteiger partial charge in [-0.05, 0) is 53.7 Å². The van der Waals surface area contributed by atoms with Crippen molar-refractivity contribution in [1.82, 2.24) is 0 Å². The summed E-state index contributed by atoms with van der Waals surface area (Å²) in [5.41, 5.74) is 3.41. The highest BCUT2D eigenvalue weighted by Gasteiger charge is 2.24. The van der Waals surface area contributed by atoms with E-state index in [4.69, 9.17) is 0 Å². The fraction of sp³-hybridized carbons (Fsp3) is 0.333. The Kier molecular flexibility index (Phi) is 5.31. The average Bonchev–Trinajstić information content (AvgIpc) is 2.47. The fourth-order valence-electron chi connectivity index (χ4n) is 2.15. The van der Waals surface area contributed by atoms with Crippen LogP contribution in [0.2, 0.25) is 0 Å². The Morgan fingerprint density at radius 1 is 0.500 bits per heavy atom. The van der Waals surface area contributed by atoms with Crippen molar-refractivity contribution in [3.63, 3.8) is 0 Å². The number of hydrogen-bond donors (Lipinski definition) is 0. The number of rotatable bonds is 0. The lowest BCUT2D eigenvalue weighted by molar-refractivity contribution is -0.116. The monoisotopic (exact) mass is 300 g/mol. The van der Waals surface area contributed by atoms with Gasteiger partial charge in [0, 0.05) is 33.4 Å². The van der Waals surface area contributed by atoms with Crippen LogP contribution >= 0.6 is 0 Å². The molecule has 0 heterocycles. The van der Waals surface area contributed by atoms with Gasteiger partial charge in [0.2, 0.25) is 0 Å². The van der Waals surface area contributed by atoms with Crippen LogP contribution in [-0.2, 0) is 19.2 Å². The summed E-state index contributed by atoms with van der Waals surface area (Å²) in [4.78, 5) is 44.6. The van der Waals surface area contributed by atoms with Gasteiger partial charge in [-0.3, -0.25) is 19.2 Å². The van der Waals surface area contributed by atoms with Crippen LogP contribution in [0.25, 0.3) is 0 Å². The molecule has 116 valence electrons. The van der Waals surface area contributed by atoms with E-state index in [0.717, 1.165) is 0 Å². The molecule has 4 nitrogen and oxygen atoms in total. The van der Waals surface area contributed by atoms with Crippen LogP contribution in [0.4, 0.5) is 0 Å². The number of allylic oxidation sites excluding steroid dienone is 8. The minimum Gasteiger partial charge on any atom is -0.290 e. The lowest BCUT2D eigenvalue weighted by Gasteiger charge is -2.15. The quantitative estimate of drug-likeness (QED) is 0.645. The van der Waals surface area contributed by atoms with E-state index in [2.05, 4.69) is 0 Å². The molecule has 2 aliphatic rings. The Morgan fingerprint density at radius 3 is 1.05 bits per heavy atom. The van der Waals surface area contributed by atoms with Crippen LogP contribution in [0.1, 0.15) is 41.5 Å². The first-order valence-corrected chi connectivity index (χ1v) is 6.97. The third-order valence-corrected chi connectivity index (χ3v) is 3.92. The summed E-state index contributed by atoms with van der Waals surface area (Å²) in [6.07, 6.45) is 2.71. The van der Waals surface area contributed by atoms with Gasteiger partial charge in [-0.25, -0.2) is 0 Å². The van der Waals surface area contributed by atoms with Gasteiger partial charge in [0.15, 0.2) is 23.1 Å². The van der Waals surface area contributed by atoms with Crippen LogP contribution in [0.15, 0.2) is 45.6 Å². The smallest absolute Gasteiger partial charge is 0.185 e. The van der Waals surface area contributed by atoms with E-state index in [1.807, 2.05) is 0 Å².